The molecule has 1 aliphatic heterocycles. The number of amides is 1. The van der Waals surface area contributed by atoms with E-state index in [1.54, 1.807) is 11.1 Å². The van der Waals surface area contributed by atoms with Crippen LogP contribution in [0.5, 0.6) is 0 Å². The molecule has 2 aromatic carbocycles. The number of ether oxygens (including phenoxy) is 1. The van der Waals surface area contributed by atoms with Crippen molar-refractivity contribution in [1.29, 1.82) is 0 Å². The van der Waals surface area contributed by atoms with Gasteiger partial charge in [0.05, 0.1) is 12.3 Å². The van der Waals surface area contributed by atoms with Gasteiger partial charge in [-0.3, -0.25) is 0 Å². The third-order valence-corrected chi connectivity index (χ3v) is 4.75. The van der Waals surface area contributed by atoms with Gasteiger partial charge in [-0.2, -0.15) is 0 Å². The Balaban J connectivity index is 1.48. The average Bonchev–Trinajstić information content (AvgIpc) is 3.17. The van der Waals surface area contributed by atoms with Gasteiger partial charge in [0.25, 0.3) is 0 Å². The largest absolute Gasteiger partial charge is 0.450 e. The van der Waals surface area contributed by atoms with Gasteiger partial charge in [-0.25, -0.2) is 14.8 Å². The fraction of sp³-hybridized carbons (Fsp3) is 0.286. The number of anilines is 1. The highest BCUT2D eigenvalue weighted by Gasteiger charge is 2.27. The summed E-state index contributed by atoms with van der Waals surface area (Å²) in [7, 11) is 0. The second kappa shape index (κ2) is 7.61. The van der Waals surface area contributed by atoms with Gasteiger partial charge in [-0.1, -0.05) is 36.4 Å². The van der Waals surface area contributed by atoms with Crippen LogP contribution in [0.1, 0.15) is 13.3 Å². The molecule has 27 heavy (non-hydrogen) atoms. The maximum atomic E-state index is 11.8. The normalized spacial score (nSPS) is 16.5. The summed E-state index contributed by atoms with van der Waals surface area (Å²) < 4.78 is 5.06. The Hall–Kier alpha value is -3.15. The van der Waals surface area contributed by atoms with Crippen molar-refractivity contribution in [1.82, 2.24) is 14.9 Å². The molecule has 0 saturated carbocycles. The summed E-state index contributed by atoms with van der Waals surface area (Å²) in [6, 6.07) is 16.6. The molecule has 0 unspecified atom stereocenters. The second-order valence-corrected chi connectivity index (χ2v) is 6.60. The summed E-state index contributed by atoms with van der Waals surface area (Å²) in [5.41, 5.74) is 1.93. The highest BCUT2D eigenvalue weighted by Crippen LogP contribution is 2.24. The van der Waals surface area contributed by atoms with E-state index in [4.69, 9.17) is 4.74 Å². The Bertz CT molecular complexity index is 960. The molecule has 4 rings (SSSR count). The Morgan fingerprint density at radius 3 is 2.93 bits per heavy atom. The first-order valence-corrected chi connectivity index (χ1v) is 9.23. The number of likely N-dealkylation sites (tertiary alicyclic amines) is 1. The molecule has 0 bridgehead atoms. The Morgan fingerprint density at radius 1 is 1.22 bits per heavy atom. The third kappa shape index (κ3) is 3.84. The SMILES string of the molecule is CCOC(=O)N1CC[C@H](Nc2nccc(-c3ccc4ccccc4c3)n2)C1. The summed E-state index contributed by atoms with van der Waals surface area (Å²) in [4.78, 5) is 22.6. The van der Waals surface area contributed by atoms with E-state index in [9.17, 15) is 4.79 Å². The summed E-state index contributed by atoms with van der Waals surface area (Å²) in [6.07, 6.45) is 2.35. The quantitative estimate of drug-likeness (QED) is 0.761. The third-order valence-electron chi connectivity index (χ3n) is 4.75. The van der Waals surface area contributed by atoms with E-state index in [2.05, 4.69) is 45.6 Å². The van der Waals surface area contributed by atoms with Crippen molar-refractivity contribution in [2.75, 3.05) is 25.0 Å². The lowest BCUT2D eigenvalue weighted by atomic mass is 10.1. The first-order valence-electron chi connectivity index (χ1n) is 9.23. The van der Waals surface area contributed by atoms with Gasteiger partial charge in [0, 0.05) is 30.9 Å². The van der Waals surface area contributed by atoms with Crippen LogP contribution in [-0.4, -0.2) is 46.7 Å². The van der Waals surface area contributed by atoms with Crippen LogP contribution >= 0.6 is 0 Å². The minimum atomic E-state index is -0.257. The zero-order valence-electron chi connectivity index (χ0n) is 15.3. The number of aromatic nitrogens is 2. The van der Waals surface area contributed by atoms with Crippen molar-refractivity contribution >= 4 is 22.8 Å². The van der Waals surface area contributed by atoms with Gasteiger partial charge in [0.1, 0.15) is 0 Å². The van der Waals surface area contributed by atoms with Crippen molar-refractivity contribution in [3.63, 3.8) is 0 Å². The number of hydrogen-bond donors (Lipinski definition) is 1. The van der Waals surface area contributed by atoms with E-state index in [1.807, 2.05) is 25.1 Å². The van der Waals surface area contributed by atoms with E-state index in [-0.39, 0.29) is 12.1 Å². The molecular weight excluding hydrogens is 340 g/mol. The maximum absolute atomic E-state index is 11.8. The molecule has 0 aliphatic carbocycles. The predicted molar refractivity (Wildman–Crippen MR) is 106 cm³/mol. The summed E-state index contributed by atoms with van der Waals surface area (Å²) >= 11 is 0. The Labute approximate surface area is 158 Å². The lowest BCUT2D eigenvalue weighted by Gasteiger charge is -2.16. The topological polar surface area (TPSA) is 67.3 Å². The molecular formula is C21H22N4O2. The fourth-order valence-corrected chi connectivity index (χ4v) is 3.38. The van der Waals surface area contributed by atoms with Gasteiger partial charge in [-0.05, 0) is 36.2 Å². The van der Waals surface area contributed by atoms with Crippen molar-refractivity contribution < 1.29 is 9.53 Å². The van der Waals surface area contributed by atoms with Crippen molar-refractivity contribution in [3.8, 4) is 11.3 Å². The molecule has 1 N–H and O–H groups in total. The molecule has 1 fully saturated rings. The molecule has 1 aromatic heterocycles. The lowest BCUT2D eigenvalue weighted by Crippen LogP contribution is -2.32. The van der Waals surface area contributed by atoms with Gasteiger partial charge < -0.3 is 15.0 Å². The summed E-state index contributed by atoms with van der Waals surface area (Å²) in [6.45, 7) is 3.49. The highest BCUT2D eigenvalue weighted by atomic mass is 16.6. The number of rotatable bonds is 4. The van der Waals surface area contributed by atoms with Crippen LogP contribution in [0.15, 0.2) is 54.7 Å². The van der Waals surface area contributed by atoms with Gasteiger partial charge in [-0.15, -0.1) is 0 Å². The predicted octanol–water partition coefficient (Wildman–Crippen LogP) is 3.94. The maximum Gasteiger partial charge on any atom is 0.409 e. The molecule has 6 nitrogen and oxygen atoms in total. The molecule has 0 radical (unpaired) electrons. The molecule has 1 amide bonds. The van der Waals surface area contributed by atoms with Crippen LogP contribution in [0.2, 0.25) is 0 Å². The molecule has 6 heteroatoms. The van der Waals surface area contributed by atoms with E-state index in [0.29, 0.717) is 25.6 Å². The van der Waals surface area contributed by atoms with Crippen LogP contribution in [0, 0.1) is 0 Å². The van der Waals surface area contributed by atoms with Crippen LogP contribution < -0.4 is 5.32 Å². The van der Waals surface area contributed by atoms with E-state index in [1.165, 1.54) is 10.8 Å². The molecule has 2 heterocycles. The van der Waals surface area contributed by atoms with E-state index < -0.39 is 0 Å². The molecule has 138 valence electrons. The fourth-order valence-electron chi connectivity index (χ4n) is 3.38. The molecule has 3 aromatic rings. The van der Waals surface area contributed by atoms with Gasteiger partial charge in [0.15, 0.2) is 0 Å². The average molecular weight is 362 g/mol. The number of nitrogens with zero attached hydrogens (tertiary/aromatic N) is 3. The zero-order valence-corrected chi connectivity index (χ0v) is 15.3. The van der Waals surface area contributed by atoms with E-state index in [0.717, 1.165) is 17.7 Å². The first-order chi connectivity index (χ1) is 13.2. The zero-order chi connectivity index (χ0) is 18.6. The standard InChI is InChI=1S/C21H22N4O2/c1-2-27-21(26)25-12-10-18(14-25)23-20-22-11-9-19(24-20)17-8-7-15-5-3-4-6-16(15)13-17/h3-9,11,13,18H,2,10,12,14H2,1H3,(H,22,23,24)/t18-/m0/s1. The Kier molecular flexibility index (Phi) is 4.87. The van der Waals surface area contributed by atoms with Crippen LogP contribution in [0.25, 0.3) is 22.0 Å². The number of benzene rings is 2. The molecule has 1 atom stereocenters. The molecule has 0 spiro atoms. The Morgan fingerprint density at radius 2 is 2.07 bits per heavy atom. The second-order valence-electron chi connectivity index (χ2n) is 6.60. The monoisotopic (exact) mass is 362 g/mol. The number of nitrogens with one attached hydrogen (secondary N) is 1. The van der Waals surface area contributed by atoms with Crippen LogP contribution in [-0.2, 0) is 4.74 Å². The van der Waals surface area contributed by atoms with Crippen molar-refractivity contribution in [2.45, 2.75) is 19.4 Å². The van der Waals surface area contributed by atoms with Gasteiger partial charge in [0.2, 0.25) is 5.95 Å². The highest BCUT2D eigenvalue weighted by molar-refractivity contribution is 5.86. The number of carbonyl (C=O) groups is 1. The van der Waals surface area contributed by atoms with E-state index >= 15 is 0 Å². The lowest BCUT2D eigenvalue weighted by molar-refractivity contribution is 0.115. The van der Waals surface area contributed by atoms with Crippen LogP contribution in [0.4, 0.5) is 10.7 Å². The first kappa shape index (κ1) is 17.3. The number of hydrogen-bond acceptors (Lipinski definition) is 5. The molecule has 1 saturated heterocycles. The van der Waals surface area contributed by atoms with Gasteiger partial charge >= 0.3 is 6.09 Å². The summed E-state index contributed by atoms with van der Waals surface area (Å²) in [5.74, 6) is 0.580. The number of carbonyl (C=O) groups excluding carboxylic acids is 1. The van der Waals surface area contributed by atoms with Crippen molar-refractivity contribution in [3.05, 3.63) is 54.7 Å². The van der Waals surface area contributed by atoms with Crippen molar-refractivity contribution in [2.24, 2.45) is 0 Å². The molecule has 1 aliphatic rings. The minimum absolute atomic E-state index is 0.126. The smallest absolute Gasteiger partial charge is 0.409 e. The minimum Gasteiger partial charge on any atom is -0.450 e. The number of fused-ring (bicyclic) bond motifs is 1. The summed E-state index contributed by atoms with van der Waals surface area (Å²) in [5, 5.41) is 5.73. The van der Waals surface area contributed by atoms with Crippen LogP contribution in [0.3, 0.4) is 0 Å².